The third kappa shape index (κ3) is 2.56. The van der Waals surface area contributed by atoms with Crippen LogP contribution >= 0.6 is 0 Å². The highest BCUT2D eigenvalue weighted by molar-refractivity contribution is 7.89. The number of rotatable bonds is 5. The van der Waals surface area contributed by atoms with Crippen LogP contribution in [0.1, 0.15) is 17.5 Å². The van der Waals surface area contributed by atoms with Crippen molar-refractivity contribution in [3.63, 3.8) is 0 Å². The average molecular weight is 310 g/mol. The lowest BCUT2D eigenvalue weighted by Gasteiger charge is -2.25. The van der Waals surface area contributed by atoms with Crippen LogP contribution < -0.4 is 9.62 Å². The van der Waals surface area contributed by atoms with Gasteiger partial charge in [-0.2, -0.15) is 0 Å². The first-order valence-corrected chi connectivity index (χ1v) is 8.46. The molecule has 1 amide bonds. The Morgan fingerprint density at radius 1 is 1.33 bits per heavy atom. The van der Waals surface area contributed by atoms with Gasteiger partial charge in [-0.3, -0.25) is 4.79 Å². The van der Waals surface area contributed by atoms with Crippen LogP contribution in [0.15, 0.2) is 17.0 Å². The standard InChI is InChI=1S/C14H18N2O4S/c1-20-6-4-15-21(18,19)12-7-10-3-2-5-16-13(17)9-11(8-12)14(10)16/h7-8,15H,2-6,9H2,1H3. The predicted octanol–water partition coefficient (Wildman–Crippen LogP) is 0.447. The van der Waals surface area contributed by atoms with Gasteiger partial charge in [0, 0.05) is 20.2 Å². The first-order chi connectivity index (χ1) is 10.0. The van der Waals surface area contributed by atoms with E-state index in [9.17, 15) is 13.2 Å². The molecule has 0 radical (unpaired) electrons. The number of methoxy groups -OCH3 is 1. The molecule has 0 saturated heterocycles. The number of nitrogens with one attached hydrogen (secondary N) is 1. The summed E-state index contributed by atoms with van der Waals surface area (Å²) in [5, 5.41) is 0. The van der Waals surface area contributed by atoms with Gasteiger partial charge in [-0.1, -0.05) is 0 Å². The summed E-state index contributed by atoms with van der Waals surface area (Å²) in [5.41, 5.74) is 2.71. The van der Waals surface area contributed by atoms with Gasteiger partial charge in [0.1, 0.15) is 0 Å². The Bertz CT molecular complexity index is 684. The molecule has 1 N–H and O–H groups in total. The second kappa shape index (κ2) is 5.40. The van der Waals surface area contributed by atoms with Gasteiger partial charge in [0.2, 0.25) is 15.9 Å². The van der Waals surface area contributed by atoms with E-state index >= 15 is 0 Å². The number of ether oxygens (including phenoxy) is 1. The van der Waals surface area contributed by atoms with Gasteiger partial charge < -0.3 is 9.64 Å². The molecule has 2 heterocycles. The maximum Gasteiger partial charge on any atom is 0.240 e. The Kier molecular flexibility index (Phi) is 3.73. The van der Waals surface area contributed by atoms with Crippen molar-refractivity contribution < 1.29 is 17.9 Å². The van der Waals surface area contributed by atoms with Gasteiger partial charge in [-0.25, -0.2) is 13.1 Å². The fourth-order valence-electron chi connectivity index (χ4n) is 2.96. The lowest BCUT2D eigenvalue weighted by Crippen LogP contribution is -2.31. The summed E-state index contributed by atoms with van der Waals surface area (Å²) in [4.78, 5) is 14.0. The van der Waals surface area contributed by atoms with Crippen molar-refractivity contribution in [2.75, 3.05) is 31.7 Å². The van der Waals surface area contributed by atoms with Crippen LogP contribution in [0.25, 0.3) is 0 Å². The number of anilines is 1. The SMILES string of the molecule is COCCNS(=O)(=O)c1cc2c3c(c1)CC(=O)N3CCC2. The Morgan fingerprint density at radius 2 is 2.10 bits per heavy atom. The van der Waals surface area contributed by atoms with Gasteiger partial charge in [-0.05, 0) is 36.1 Å². The Hall–Kier alpha value is -1.44. The van der Waals surface area contributed by atoms with Crippen molar-refractivity contribution in [3.8, 4) is 0 Å². The van der Waals surface area contributed by atoms with Crippen LogP contribution in [-0.4, -0.2) is 41.1 Å². The van der Waals surface area contributed by atoms with Gasteiger partial charge >= 0.3 is 0 Å². The van der Waals surface area contributed by atoms with Crippen LogP contribution in [0, 0.1) is 0 Å². The van der Waals surface area contributed by atoms with E-state index in [0.29, 0.717) is 13.0 Å². The Labute approximate surface area is 124 Å². The minimum absolute atomic E-state index is 0.0628. The number of carbonyl (C=O) groups excluding carboxylic acids is 1. The van der Waals surface area contributed by atoms with Gasteiger partial charge in [0.15, 0.2) is 0 Å². The Balaban J connectivity index is 1.96. The molecule has 0 aromatic heterocycles. The first kappa shape index (κ1) is 14.5. The van der Waals surface area contributed by atoms with Crippen molar-refractivity contribution in [1.29, 1.82) is 0 Å². The number of amides is 1. The van der Waals surface area contributed by atoms with E-state index in [1.54, 1.807) is 17.0 Å². The van der Waals surface area contributed by atoms with E-state index in [-0.39, 0.29) is 17.3 Å². The smallest absolute Gasteiger partial charge is 0.240 e. The van der Waals surface area contributed by atoms with E-state index in [0.717, 1.165) is 36.2 Å². The van der Waals surface area contributed by atoms with E-state index in [1.165, 1.54) is 7.11 Å². The molecule has 0 unspecified atom stereocenters. The second-order valence-corrected chi connectivity index (χ2v) is 7.07. The second-order valence-electron chi connectivity index (χ2n) is 5.31. The third-order valence-electron chi connectivity index (χ3n) is 3.89. The molecule has 2 aliphatic heterocycles. The highest BCUT2D eigenvalue weighted by Gasteiger charge is 2.33. The fourth-order valence-corrected chi connectivity index (χ4v) is 4.08. The highest BCUT2D eigenvalue weighted by Crippen LogP contribution is 2.38. The number of benzene rings is 1. The zero-order valence-electron chi connectivity index (χ0n) is 11.9. The molecule has 3 rings (SSSR count). The molecule has 1 aromatic carbocycles. The maximum atomic E-state index is 12.3. The summed E-state index contributed by atoms with van der Waals surface area (Å²) in [6.07, 6.45) is 1.98. The third-order valence-corrected chi connectivity index (χ3v) is 5.33. The average Bonchev–Trinajstić information content (AvgIpc) is 2.77. The summed E-state index contributed by atoms with van der Waals surface area (Å²) in [6, 6.07) is 3.32. The van der Waals surface area contributed by atoms with Crippen molar-refractivity contribution in [3.05, 3.63) is 23.3 Å². The van der Waals surface area contributed by atoms with Crippen LogP contribution in [-0.2, 0) is 32.4 Å². The summed E-state index contributed by atoms with van der Waals surface area (Å²) in [5.74, 6) is 0.0628. The molecule has 0 saturated carbocycles. The zero-order valence-corrected chi connectivity index (χ0v) is 12.7. The molecule has 0 aliphatic carbocycles. The molecular formula is C14H18N2O4S. The number of hydrogen-bond acceptors (Lipinski definition) is 4. The molecule has 114 valence electrons. The van der Waals surface area contributed by atoms with Crippen LogP contribution in [0.5, 0.6) is 0 Å². The summed E-state index contributed by atoms with van der Waals surface area (Å²) in [7, 11) is -2.04. The lowest BCUT2D eigenvalue weighted by molar-refractivity contribution is -0.117. The lowest BCUT2D eigenvalue weighted by atomic mass is 10.0. The number of nitrogens with zero attached hydrogens (tertiary/aromatic N) is 1. The van der Waals surface area contributed by atoms with E-state index in [1.807, 2.05) is 0 Å². The largest absolute Gasteiger partial charge is 0.383 e. The number of sulfonamides is 1. The molecule has 21 heavy (non-hydrogen) atoms. The molecule has 1 aromatic rings. The zero-order chi connectivity index (χ0) is 15.0. The van der Waals surface area contributed by atoms with Crippen molar-refractivity contribution in [2.24, 2.45) is 0 Å². The molecule has 2 aliphatic rings. The quantitative estimate of drug-likeness (QED) is 0.801. The summed E-state index contributed by atoms with van der Waals surface area (Å²) in [6.45, 7) is 1.29. The predicted molar refractivity (Wildman–Crippen MR) is 77.9 cm³/mol. The molecule has 7 heteroatoms. The monoisotopic (exact) mass is 310 g/mol. The molecule has 0 fully saturated rings. The van der Waals surface area contributed by atoms with Crippen LogP contribution in [0.2, 0.25) is 0 Å². The van der Waals surface area contributed by atoms with E-state index in [4.69, 9.17) is 4.74 Å². The first-order valence-electron chi connectivity index (χ1n) is 6.97. The van der Waals surface area contributed by atoms with Gasteiger partial charge in [0.25, 0.3) is 0 Å². The minimum Gasteiger partial charge on any atom is -0.383 e. The maximum absolute atomic E-state index is 12.3. The number of carbonyl (C=O) groups is 1. The minimum atomic E-state index is -3.56. The van der Waals surface area contributed by atoms with E-state index in [2.05, 4.69) is 4.72 Å². The van der Waals surface area contributed by atoms with Crippen LogP contribution in [0.4, 0.5) is 5.69 Å². The Morgan fingerprint density at radius 3 is 2.86 bits per heavy atom. The number of hydrogen-bond donors (Lipinski definition) is 1. The molecule has 0 spiro atoms. The molecule has 6 nitrogen and oxygen atoms in total. The molecule has 0 bridgehead atoms. The van der Waals surface area contributed by atoms with Crippen molar-refractivity contribution in [1.82, 2.24) is 4.72 Å². The normalized spacial score (nSPS) is 17.2. The van der Waals surface area contributed by atoms with Gasteiger partial charge in [0.05, 0.1) is 23.6 Å². The topological polar surface area (TPSA) is 75.7 Å². The van der Waals surface area contributed by atoms with Crippen molar-refractivity contribution in [2.45, 2.75) is 24.2 Å². The molecule has 0 atom stereocenters. The van der Waals surface area contributed by atoms with Crippen LogP contribution in [0.3, 0.4) is 0 Å². The van der Waals surface area contributed by atoms with Crippen molar-refractivity contribution >= 4 is 21.6 Å². The molecular weight excluding hydrogens is 292 g/mol. The fraction of sp³-hybridized carbons (Fsp3) is 0.500. The van der Waals surface area contributed by atoms with E-state index < -0.39 is 10.0 Å². The highest BCUT2D eigenvalue weighted by atomic mass is 32.2. The summed E-state index contributed by atoms with van der Waals surface area (Å²) >= 11 is 0. The summed E-state index contributed by atoms with van der Waals surface area (Å²) < 4.78 is 31.9. The number of aryl methyl sites for hydroxylation is 1. The van der Waals surface area contributed by atoms with Gasteiger partial charge in [-0.15, -0.1) is 0 Å².